The van der Waals surface area contributed by atoms with Gasteiger partial charge in [0.15, 0.2) is 0 Å². The highest BCUT2D eigenvalue weighted by Gasteiger charge is 2.07. The molecule has 0 N–H and O–H groups in total. The predicted molar refractivity (Wildman–Crippen MR) is 87.3 cm³/mol. The number of nitrogens with zero attached hydrogens (tertiary/aromatic N) is 1. The Kier molecular flexibility index (Phi) is 5.33. The zero-order chi connectivity index (χ0) is 14.2. The van der Waals surface area contributed by atoms with Gasteiger partial charge < -0.3 is 0 Å². The summed E-state index contributed by atoms with van der Waals surface area (Å²) in [5, 5.41) is 0. The van der Waals surface area contributed by atoms with Crippen molar-refractivity contribution >= 4 is 6.08 Å². The Morgan fingerprint density at radius 2 is 1.55 bits per heavy atom. The molecule has 0 unspecified atom stereocenters. The van der Waals surface area contributed by atoms with Gasteiger partial charge in [0.25, 0.3) is 0 Å². The lowest BCUT2D eigenvalue weighted by Gasteiger charge is -2.22. The summed E-state index contributed by atoms with van der Waals surface area (Å²) >= 11 is 0. The summed E-state index contributed by atoms with van der Waals surface area (Å²) in [6.45, 7) is 10.5. The first kappa shape index (κ1) is 14.3. The van der Waals surface area contributed by atoms with Gasteiger partial charge in [-0.2, -0.15) is 0 Å². The molecule has 0 atom stereocenters. The molecule has 2 aromatic rings. The minimum atomic E-state index is 0.875. The van der Waals surface area contributed by atoms with Crippen molar-refractivity contribution in [2.75, 3.05) is 6.54 Å². The second-order valence-electron chi connectivity index (χ2n) is 4.85. The lowest BCUT2D eigenvalue weighted by molar-refractivity contribution is 0.286. The van der Waals surface area contributed by atoms with E-state index in [4.69, 9.17) is 0 Å². The lowest BCUT2D eigenvalue weighted by Crippen LogP contribution is -2.23. The van der Waals surface area contributed by atoms with E-state index in [1.54, 1.807) is 0 Å². The van der Waals surface area contributed by atoms with Crippen molar-refractivity contribution in [2.45, 2.75) is 13.1 Å². The van der Waals surface area contributed by atoms with E-state index in [-0.39, 0.29) is 0 Å². The van der Waals surface area contributed by atoms with E-state index >= 15 is 0 Å². The lowest BCUT2D eigenvalue weighted by atomic mass is 10.1. The van der Waals surface area contributed by atoms with Crippen LogP contribution in [0.4, 0.5) is 0 Å². The van der Waals surface area contributed by atoms with Gasteiger partial charge in [0.1, 0.15) is 0 Å². The Bertz CT molecular complexity index is 557. The second-order valence-corrected chi connectivity index (χ2v) is 4.85. The Morgan fingerprint density at radius 1 is 0.850 bits per heavy atom. The average Bonchev–Trinajstić information content (AvgIpc) is 2.49. The molecule has 0 aromatic heterocycles. The number of benzene rings is 2. The normalized spacial score (nSPS) is 10.4. The molecule has 0 saturated heterocycles. The van der Waals surface area contributed by atoms with Crippen LogP contribution in [-0.4, -0.2) is 11.4 Å². The summed E-state index contributed by atoms with van der Waals surface area (Å²) in [4.78, 5) is 2.38. The number of rotatable bonds is 7. The summed E-state index contributed by atoms with van der Waals surface area (Å²) in [5.41, 5.74) is 3.83. The Morgan fingerprint density at radius 3 is 2.25 bits per heavy atom. The fraction of sp³-hybridized carbons (Fsp3) is 0.158. The summed E-state index contributed by atoms with van der Waals surface area (Å²) in [5.74, 6) is 0. The topological polar surface area (TPSA) is 3.24 Å². The molecule has 0 spiro atoms. The molecule has 0 fully saturated rings. The van der Waals surface area contributed by atoms with E-state index in [9.17, 15) is 0 Å². The predicted octanol–water partition coefficient (Wildman–Crippen LogP) is 4.52. The summed E-state index contributed by atoms with van der Waals surface area (Å²) in [6.07, 6.45) is 3.88. The first-order valence-corrected chi connectivity index (χ1v) is 6.91. The zero-order valence-corrected chi connectivity index (χ0v) is 11.8. The van der Waals surface area contributed by atoms with Crippen molar-refractivity contribution in [1.82, 2.24) is 4.90 Å². The third-order valence-electron chi connectivity index (χ3n) is 3.31. The largest absolute Gasteiger partial charge is 0.291 e. The Hall–Kier alpha value is -2.12. The maximum atomic E-state index is 3.89. The third-order valence-corrected chi connectivity index (χ3v) is 3.31. The highest BCUT2D eigenvalue weighted by Crippen LogP contribution is 2.15. The molecular formula is C19H21N. The molecule has 0 radical (unpaired) electrons. The minimum absolute atomic E-state index is 0.875. The van der Waals surface area contributed by atoms with Gasteiger partial charge in [-0.3, -0.25) is 4.90 Å². The fourth-order valence-electron chi connectivity index (χ4n) is 2.33. The van der Waals surface area contributed by atoms with Crippen LogP contribution in [-0.2, 0) is 13.1 Å². The molecule has 2 aromatic carbocycles. The van der Waals surface area contributed by atoms with Gasteiger partial charge in [-0.25, -0.2) is 0 Å². The molecule has 20 heavy (non-hydrogen) atoms. The van der Waals surface area contributed by atoms with E-state index in [1.165, 1.54) is 16.7 Å². The standard InChI is InChI=1S/C19H21N/c1-3-14-20(15-17-10-6-5-7-11-17)16-19-13-9-8-12-18(19)4-2/h3-13H,1-2,14-16H2. The van der Waals surface area contributed by atoms with Gasteiger partial charge in [0.2, 0.25) is 0 Å². The van der Waals surface area contributed by atoms with Crippen molar-refractivity contribution in [3.63, 3.8) is 0 Å². The molecular weight excluding hydrogens is 242 g/mol. The van der Waals surface area contributed by atoms with Gasteiger partial charge in [-0.05, 0) is 16.7 Å². The second kappa shape index (κ2) is 7.46. The first-order valence-electron chi connectivity index (χ1n) is 6.91. The quantitative estimate of drug-likeness (QED) is 0.664. The maximum Gasteiger partial charge on any atom is 0.0246 e. The summed E-state index contributed by atoms with van der Waals surface area (Å²) < 4.78 is 0. The van der Waals surface area contributed by atoms with Crippen molar-refractivity contribution in [3.05, 3.63) is 90.5 Å². The molecule has 0 amide bonds. The smallest absolute Gasteiger partial charge is 0.0246 e. The highest BCUT2D eigenvalue weighted by atomic mass is 15.1. The molecule has 0 bridgehead atoms. The molecule has 0 heterocycles. The van der Waals surface area contributed by atoms with E-state index in [0.29, 0.717) is 0 Å². The van der Waals surface area contributed by atoms with Crippen LogP contribution in [0.2, 0.25) is 0 Å². The summed E-state index contributed by atoms with van der Waals surface area (Å²) in [6, 6.07) is 18.9. The highest BCUT2D eigenvalue weighted by molar-refractivity contribution is 5.51. The van der Waals surface area contributed by atoms with Crippen LogP contribution in [0.5, 0.6) is 0 Å². The van der Waals surface area contributed by atoms with Crippen LogP contribution in [0.15, 0.2) is 73.8 Å². The van der Waals surface area contributed by atoms with Crippen LogP contribution >= 0.6 is 0 Å². The Balaban J connectivity index is 2.13. The number of hydrogen-bond donors (Lipinski definition) is 0. The van der Waals surface area contributed by atoms with Crippen LogP contribution in [0.3, 0.4) is 0 Å². The van der Waals surface area contributed by atoms with Crippen LogP contribution in [0.1, 0.15) is 16.7 Å². The molecule has 0 aliphatic rings. The van der Waals surface area contributed by atoms with E-state index in [2.05, 4.69) is 66.6 Å². The molecule has 0 aliphatic carbocycles. The molecule has 1 heteroatoms. The maximum absolute atomic E-state index is 3.89. The van der Waals surface area contributed by atoms with Crippen LogP contribution < -0.4 is 0 Å². The molecule has 2 rings (SSSR count). The van der Waals surface area contributed by atoms with E-state index in [1.807, 2.05) is 18.2 Å². The zero-order valence-electron chi connectivity index (χ0n) is 11.8. The van der Waals surface area contributed by atoms with E-state index < -0.39 is 0 Å². The van der Waals surface area contributed by atoms with Crippen molar-refractivity contribution in [2.24, 2.45) is 0 Å². The van der Waals surface area contributed by atoms with Gasteiger partial charge in [-0.1, -0.05) is 73.3 Å². The first-order chi connectivity index (χ1) is 9.83. The van der Waals surface area contributed by atoms with Crippen LogP contribution in [0.25, 0.3) is 6.08 Å². The molecule has 1 nitrogen and oxygen atoms in total. The third kappa shape index (κ3) is 3.94. The van der Waals surface area contributed by atoms with Gasteiger partial charge in [0.05, 0.1) is 0 Å². The van der Waals surface area contributed by atoms with E-state index in [0.717, 1.165) is 19.6 Å². The summed E-state index contributed by atoms with van der Waals surface area (Å²) in [7, 11) is 0. The molecule has 102 valence electrons. The number of hydrogen-bond acceptors (Lipinski definition) is 1. The molecule has 0 saturated carbocycles. The average molecular weight is 263 g/mol. The minimum Gasteiger partial charge on any atom is -0.291 e. The van der Waals surface area contributed by atoms with Crippen molar-refractivity contribution in [1.29, 1.82) is 0 Å². The van der Waals surface area contributed by atoms with Gasteiger partial charge in [-0.15, -0.1) is 6.58 Å². The fourth-order valence-corrected chi connectivity index (χ4v) is 2.33. The monoisotopic (exact) mass is 263 g/mol. The Labute approximate surface area is 121 Å². The molecule has 0 aliphatic heterocycles. The van der Waals surface area contributed by atoms with Crippen molar-refractivity contribution in [3.8, 4) is 0 Å². The van der Waals surface area contributed by atoms with Crippen molar-refractivity contribution < 1.29 is 0 Å². The van der Waals surface area contributed by atoms with Gasteiger partial charge in [0, 0.05) is 19.6 Å². The van der Waals surface area contributed by atoms with Gasteiger partial charge >= 0.3 is 0 Å². The SMILES string of the molecule is C=CCN(Cc1ccccc1)Cc1ccccc1C=C. The van der Waals surface area contributed by atoms with Crippen LogP contribution in [0, 0.1) is 0 Å².